The van der Waals surface area contributed by atoms with E-state index in [2.05, 4.69) is 9.72 Å². The maximum absolute atomic E-state index is 12.3. The number of pyridine rings is 1. The standard InChI is InChI=1S/C8H5F4NO4/c9-1-3-2-13-4(7(15)16)5(14)6(3)17-8(10,11)12/h2,14H,1H2,(H,15,16). The zero-order valence-electron chi connectivity index (χ0n) is 7.95. The molecule has 0 bridgehead atoms. The van der Waals surface area contributed by atoms with Gasteiger partial charge in [-0.2, -0.15) is 0 Å². The summed E-state index contributed by atoms with van der Waals surface area (Å²) in [6.07, 6.45) is -4.64. The van der Waals surface area contributed by atoms with Gasteiger partial charge in [0, 0.05) is 11.8 Å². The van der Waals surface area contributed by atoms with Gasteiger partial charge in [0.05, 0.1) is 0 Å². The van der Waals surface area contributed by atoms with E-state index in [1.54, 1.807) is 0 Å². The van der Waals surface area contributed by atoms with E-state index in [0.717, 1.165) is 0 Å². The van der Waals surface area contributed by atoms with Crippen LogP contribution in [0.2, 0.25) is 0 Å². The number of alkyl halides is 4. The third-order valence-corrected chi connectivity index (χ3v) is 1.64. The molecule has 0 saturated carbocycles. The number of halogens is 4. The fraction of sp³-hybridized carbons (Fsp3) is 0.250. The third-order valence-electron chi connectivity index (χ3n) is 1.64. The number of aromatic carboxylic acids is 1. The molecule has 2 N–H and O–H groups in total. The van der Waals surface area contributed by atoms with Gasteiger partial charge >= 0.3 is 12.3 Å². The largest absolute Gasteiger partial charge is 0.573 e. The molecule has 1 rings (SSSR count). The molecule has 0 saturated heterocycles. The van der Waals surface area contributed by atoms with Crippen molar-refractivity contribution in [2.24, 2.45) is 0 Å². The van der Waals surface area contributed by atoms with Crippen LogP contribution in [0.3, 0.4) is 0 Å². The minimum absolute atomic E-state index is 0.546. The lowest BCUT2D eigenvalue weighted by atomic mass is 10.2. The second-order valence-corrected chi connectivity index (χ2v) is 2.80. The summed E-state index contributed by atoms with van der Waals surface area (Å²) in [5.74, 6) is -4.43. The van der Waals surface area contributed by atoms with Gasteiger partial charge in [0.25, 0.3) is 0 Å². The molecule has 0 aliphatic carbocycles. The number of hydrogen-bond acceptors (Lipinski definition) is 4. The Morgan fingerprint density at radius 3 is 2.47 bits per heavy atom. The Morgan fingerprint density at radius 2 is 2.06 bits per heavy atom. The van der Waals surface area contributed by atoms with Gasteiger partial charge in [0.1, 0.15) is 6.67 Å². The molecule has 94 valence electrons. The van der Waals surface area contributed by atoms with Gasteiger partial charge in [-0.05, 0) is 0 Å². The summed E-state index contributed by atoms with van der Waals surface area (Å²) in [5.41, 5.74) is -1.76. The number of nitrogens with zero attached hydrogens (tertiary/aromatic N) is 1. The summed E-state index contributed by atoms with van der Waals surface area (Å²) in [6.45, 7) is -1.40. The van der Waals surface area contributed by atoms with Crippen LogP contribution in [0, 0.1) is 0 Å². The molecule has 1 heterocycles. The van der Waals surface area contributed by atoms with E-state index < -0.39 is 41.8 Å². The van der Waals surface area contributed by atoms with Crippen molar-refractivity contribution in [1.82, 2.24) is 4.98 Å². The average molecular weight is 255 g/mol. The number of carbonyl (C=O) groups is 1. The SMILES string of the molecule is O=C(O)c1ncc(CF)c(OC(F)(F)F)c1O. The second kappa shape index (κ2) is 4.44. The number of carboxylic acids is 1. The highest BCUT2D eigenvalue weighted by atomic mass is 19.4. The summed E-state index contributed by atoms with van der Waals surface area (Å²) in [4.78, 5) is 13.6. The maximum atomic E-state index is 12.3. The van der Waals surface area contributed by atoms with Crippen LogP contribution < -0.4 is 4.74 Å². The number of ether oxygens (including phenoxy) is 1. The summed E-state index contributed by atoms with van der Waals surface area (Å²) in [7, 11) is 0. The predicted molar refractivity (Wildman–Crippen MR) is 44.4 cm³/mol. The molecule has 0 unspecified atom stereocenters. The number of hydrogen-bond donors (Lipinski definition) is 2. The Morgan fingerprint density at radius 1 is 1.47 bits per heavy atom. The fourth-order valence-electron chi connectivity index (χ4n) is 1.00. The zero-order valence-corrected chi connectivity index (χ0v) is 7.95. The Bertz CT molecular complexity index is 446. The van der Waals surface area contributed by atoms with Crippen LogP contribution in [0.5, 0.6) is 11.5 Å². The minimum Gasteiger partial charge on any atom is -0.503 e. The fourth-order valence-corrected chi connectivity index (χ4v) is 1.00. The molecule has 0 radical (unpaired) electrons. The van der Waals surface area contributed by atoms with Crippen molar-refractivity contribution in [3.8, 4) is 11.5 Å². The van der Waals surface area contributed by atoms with E-state index >= 15 is 0 Å². The van der Waals surface area contributed by atoms with Crippen molar-refractivity contribution < 1.29 is 37.3 Å². The third kappa shape index (κ3) is 2.95. The van der Waals surface area contributed by atoms with E-state index in [0.29, 0.717) is 6.20 Å². The second-order valence-electron chi connectivity index (χ2n) is 2.80. The molecule has 0 fully saturated rings. The van der Waals surface area contributed by atoms with Crippen molar-refractivity contribution in [2.45, 2.75) is 13.0 Å². The van der Waals surface area contributed by atoms with Crippen LogP contribution in [-0.2, 0) is 6.67 Å². The van der Waals surface area contributed by atoms with Crippen molar-refractivity contribution in [1.29, 1.82) is 0 Å². The van der Waals surface area contributed by atoms with Crippen molar-refractivity contribution in [3.63, 3.8) is 0 Å². The smallest absolute Gasteiger partial charge is 0.503 e. The van der Waals surface area contributed by atoms with Gasteiger partial charge in [0.15, 0.2) is 17.2 Å². The molecule has 0 amide bonds. The summed E-state index contributed by atoms with van der Waals surface area (Å²) < 4.78 is 51.5. The lowest BCUT2D eigenvalue weighted by Crippen LogP contribution is -2.19. The maximum Gasteiger partial charge on any atom is 0.573 e. The van der Waals surface area contributed by atoms with Crippen LogP contribution in [0.15, 0.2) is 6.20 Å². The highest BCUT2D eigenvalue weighted by molar-refractivity contribution is 5.89. The average Bonchev–Trinajstić information content (AvgIpc) is 2.18. The first kappa shape index (κ1) is 13.0. The highest BCUT2D eigenvalue weighted by Crippen LogP contribution is 2.36. The summed E-state index contributed by atoms with van der Waals surface area (Å²) in [6, 6.07) is 0. The highest BCUT2D eigenvalue weighted by Gasteiger charge is 2.35. The van der Waals surface area contributed by atoms with Gasteiger partial charge < -0.3 is 14.9 Å². The number of rotatable bonds is 3. The number of aromatic nitrogens is 1. The van der Waals surface area contributed by atoms with Gasteiger partial charge in [-0.25, -0.2) is 14.2 Å². The van der Waals surface area contributed by atoms with E-state index in [1.165, 1.54) is 0 Å². The van der Waals surface area contributed by atoms with Gasteiger partial charge in [0.2, 0.25) is 0 Å². The van der Waals surface area contributed by atoms with Crippen molar-refractivity contribution in [3.05, 3.63) is 17.5 Å². The Labute approximate surface area is 91.3 Å². The number of aromatic hydroxyl groups is 1. The van der Waals surface area contributed by atoms with E-state index in [-0.39, 0.29) is 0 Å². The van der Waals surface area contributed by atoms with Crippen molar-refractivity contribution in [2.75, 3.05) is 0 Å². The molecule has 1 aromatic rings. The van der Waals surface area contributed by atoms with Crippen LogP contribution in [-0.4, -0.2) is 27.5 Å². The molecule has 5 nitrogen and oxygen atoms in total. The lowest BCUT2D eigenvalue weighted by Gasteiger charge is -2.13. The molecule has 0 aliphatic heterocycles. The van der Waals surface area contributed by atoms with E-state index in [1.807, 2.05) is 0 Å². The van der Waals surface area contributed by atoms with Crippen LogP contribution in [0.1, 0.15) is 16.1 Å². The molecule has 9 heteroatoms. The quantitative estimate of drug-likeness (QED) is 0.806. The molecule has 0 atom stereocenters. The van der Waals surface area contributed by atoms with Gasteiger partial charge in [-0.1, -0.05) is 0 Å². The minimum atomic E-state index is -5.18. The summed E-state index contributed by atoms with van der Waals surface area (Å²) in [5, 5.41) is 17.7. The van der Waals surface area contributed by atoms with Crippen molar-refractivity contribution >= 4 is 5.97 Å². The molecule has 1 aromatic heterocycles. The monoisotopic (exact) mass is 255 g/mol. The first-order valence-electron chi connectivity index (χ1n) is 4.02. The Hall–Kier alpha value is -2.06. The van der Waals surface area contributed by atoms with E-state index in [4.69, 9.17) is 5.11 Å². The predicted octanol–water partition coefficient (Wildman–Crippen LogP) is 1.85. The molecular formula is C8H5F4NO4. The molecule has 0 spiro atoms. The zero-order chi connectivity index (χ0) is 13.2. The van der Waals surface area contributed by atoms with Crippen LogP contribution in [0.4, 0.5) is 17.6 Å². The normalized spacial score (nSPS) is 11.3. The molecule has 17 heavy (non-hydrogen) atoms. The first-order valence-corrected chi connectivity index (χ1v) is 4.02. The lowest BCUT2D eigenvalue weighted by molar-refractivity contribution is -0.275. The molecule has 0 aliphatic rings. The Balaban J connectivity index is 3.32. The first-order chi connectivity index (χ1) is 7.76. The van der Waals surface area contributed by atoms with Gasteiger partial charge in [-0.15, -0.1) is 13.2 Å². The van der Waals surface area contributed by atoms with Crippen LogP contribution >= 0.6 is 0 Å². The Kier molecular flexibility index (Phi) is 3.39. The molecule has 0 aromatic carbocycles. The topological polar surface area (TPSA) is 79.7 Å². The van der Waals surface area contributed by atoms with Gasteiger partial charge in [-0.3, -0.25) is 0 Å². The molecular weight excluding hydrogens is 250 g/mol. The van der Waals surface area contributed by atoms with E-state index in [9.17, 15) is 27.5 Å². The van der Waals surface area contributed by atoms with Crippen LogP contribution in [0.25, 0.3) is 0 Å². The summed E-state index contributed by atoms with van der Waals surface area (Å²) >= 11 is 0. The number of carboxylic acid groups (broad SMARTS) is 1.